The summed E-state index contributed by atoms with van der Waals surface area (Å²) in [5.74, 6) is 0. The van der Waals surface area contributed by atoms with E-state index in [-0.39, 0.29) is 0 Å². The normalized spacial score (nSPS) is 10.9. The largest absolute Gasteiger partial charge is 0.399 e. The molecule has 0 spiro atoms. The van der Waals surface area contributed by atoms with Crippen molar-refractivity contribution < 1.29 is 0 Å². The van der Waals surface area contributed by atoms with Gasteiger partial charge in [-0.3, -0.25) is 4.98 Å². The van der Waals surface area contributed by atoms with E-state index >= 15 is 0 Å². The summed E-state index contributed by atoms with van der Waals surface area (Å²) >= 11 is 0. The maximum absolute atomic E-state index is 6.00. The van der Waals surface area contributed by atoms with Crippen LogP contribution in [0.15, 0.2) is 42.6 Å². The van der Waals surface area contributed by atoms with Gasteiger partial charge in [0.1, 0.15) is 0 Å². The van der Waals surface area contributed by atoms with E-state index in [1.54, 1.807) is 6.20 Å². The van der Waals surface area contributed by atoms with Crippen LogP contribution in [0.3, 0.4) is 0 Å². The van der Waals surface area contributed by atoms with Gasteiger partial charge in [0.2, 0.25) is 0 Å². The van der Waals surface area contributed by atoms with Crippen molar-refractivity contribution >= 4 is 27.8 Å². The van der Waals surface area contributed by atoms with Gasteiger partial charge in [-0.25, -0.2) is 0 Å². The minimum absolute atomic E-state index is 0.566. The first-order chi connectivity index (χ1) is 10.1. The Balaban J connectivity index is 2.30. The van der Waals surface area contributed by atoms with E-state index in [1.807, 2.05) is 30.3 Å². The third-order valence-corrected chi connectivity index (χ3v) is 3.66. The molecule has 0 radical (unpaired) electrons. The molecule has 4 heteroatoms. The van der Waals surface area contributed by atoms with Crippen LogP contribution in [0.2, 0.25) is 0 Å². The van der Waals surface area contributed by atoms with Crippen molar-refractivity contribution in [1.29, 1.82) is 0 Å². The van der Waals surface area contributed by atoms with Crippen LogP contribution in [-0.4, -0.2) is 4.98 Å². The summed E-state index contributed by atoms with van der Waals surface area (Å²) in [6.45, 7) is 2.10. The smallest absolute Gasteiger partial charge is 0.0781 e. The van der Waals surface area contributed by atoms with Crippen LogP contribution >= 0.6 is 0 Å². The van der Waals surface area contributed by atoms with E-state index in [2.05, 4.69) is 18.0 Å². The first-order valence-corrected chi connectivity index (χ1v) is 6.92. The molecule has 0 unspecified atom stereocenters. The quantitative estimate of drug-likeness (QED) is 0.628. The van der Waals surface area contributed by atoms with Crippen LogP contribution in [-0.2, 0) is 6.42 Å². The van der Waals surface area contributed by atoms with Crippen LogP contribution in [0, 0.1) is 0 Å². The molecule has 0 amide bonds. The van der Waals surface area contributed by atoms with Gasteiger partial charge in [0.05, 0.1) is 17.1 Å². The number of aromatic nitrogens is 1. The Kier molecular flexibility index (Phi) is 3.14. The van der Waals surface area contributed by atoms with Crippen molar-refractivity contribution in [3.05, 3.63) is 48.2 Å². The molecule has 0 saturated heterocycles. The average molecular weight is 278 g/mol. The maximum atomic E-state index is 6.00. The summed E-state index contributed by atoms with van der Waals surface area (Å²) in [6.07, 6.45) is 2.71. The van der Waals surface area contributed by atoms with Crippen LogP contribution < -0.4 is 17.2 Å². The molecule has 3 rings (SSSR count). The SMILES string of the molecule is CCc1cc(N)cc(-c2nccc3cc(N)c(N)cc23)c1. The van der Waals surface area contributed by atoms with Gasteiger partial charge in [-0.2, -0.15) is 0 Å². The number of hydrogen-bond donors (Lipinski definition) is 3. The number of benzene rings is 2. The predicted molar refractivity (Wildman–Crippen MR) is 89.8 cm³/mol. The van der Waals surface area contributed by atoms with Crippen molar-refractivity contribution in [1.82, 2.24) is 4.98 Å². The Morgan fingerprint density at radius 2 is 1.71 bits per heavy atom. The highest BCUT2D eigenvalue weighted by molar-refractivity contribution is 5.99. The van der Waals surface area contributed by atoms with Crippen LogP contribution in [0.4, 0.5) is 17.1 Å². The molecule has 4 nitrogen and oxygen atoms in total. The number of anilines is 3. The van der Waals surface area contributed by atoms with Crippen molar-refractivity contribution in [2.75, 3.05) is 17.2 Å². The Hall–Kier alpha value is -2.75. The summed E-state index contributed by atoms with van der Waals surface area (Å²) in [4.78, 5) is 4.51. The zero-order valence-corrected chi connectivity index (χ0v) is 11.9. The first-order valence-electron chi connectivity index (χ1n) is 6.92. The molecule has 0 atom stereocenters. The topological polar surface area (TPSA) is 90.9 Å². The van der Waals surface area contributed by atoms with Crippen LogP contribution in [0.1, 0.15) is 12.5 Å². The van der Waals surface area contributed by atoms with Gasteiger partial charge in [-0.05, 0) is 53.8 Å². The molecule has 0 saturated carbocycles. The highest BCUT2D eigenvalue weighted by Gasteiger charge is 2.09. The molecular formula is C17H18N4. The number of rotatable bonds is 2. The molecule has 1 heterocycles. The highest BCUT2D eigenvalue weighted by Crippen LogP contribution is 2.32. The fourth-order valence-electron chi connectivity index (χ4n) is 2.54. The number of nitrogen functional groups attached to an aromatic ring is 3. The Bertz CT molecular complexity index is 824. The third-order valence-electron chi connectivity index (χ3n) is 3.66. The van der Waals surface area contributed by atoms with Gasteiger partial charge in [0.25, 0.3) is 0 Å². The van der Waals surface area contributed by atoms with E-state index in [1.165, 1.54) is 5.56 Å². The Morgan fingerprint density at radius 3 is 2.48 bits per heavy atom. The van der Waals surface area contributed by atoms with Crippen LogP contribution in [0.25, 0.3) is 22.0 Å². The number of hydrogen-bond acceptors (Lipinski definition) is 4. The number of fused-ring (bicyclic) bond motifs is 1. The average Bonchev–Trinajstić information content (AvgIpc) is 2.47. The van der Waals surface area contributed by atoms with Crippen molar-refractivity contribution in [2.24, 2.45) is 0 Å². The Morgan fingerprint density at radius 1 is 0.952 bits per heavy atom. The van der Waals surface area contributed by atoms with Crippen molar-refractivity contribution in [3.8, 4) is 11.3 Å². The maximum Gasteiger partial charge on any atom is 0.0781 e. The molecular weight excluding hydrogens is 260 g/mol. The second-order valence-corrected chi connectivity index (χ2v) is 5.18. The third kappa shape index (κ3) is 2.36. The summed E-state index contributed by atoms with van der Waals surface area (Å²) in [5, 5.41) is 2.00. The predicted octanol–water partition coefficient (Wildman–Crippen LogP) is 3.21. The van der Waals surface area contributed by atoms with E-state index in [9.17, 15) is 0 Å². The zero-order valence-electron chi connectivity index (χ0n) is 11.9. The molecule has 0 aliphatic rings. The molecule has 2 aromatic carbocycles. The number of nitrogens with zero attached hydrogens (tertiary/aromatic N) is 1. The molecule has 0 aliphatic heterocycles. The van der Waals surface area contributed by atoms with E-state index in [0.29, 0.717) is 11.4 Å². The standard InChI is InChI=1S/C17H18N4/c1-2-10-5-12(7-13(18)6-10)17-14-9-16(20)15(19)8-11(14)3-4-21-17/h3-9H,2,18-20H2,1H3. The lowest BCUT2D eigenvalue weighted by Crippen LogP contribution is -1.96. The molecule has 0 fully saturated rings. The summed E-state index contributed by atoms with van der Waals surface area (Å²) in [5.41, 5.74) is 22.8. The highest BCUT2D eigenvalue weighted by atomic mass is 14.7. The number of pyridine rings is 1. The van der Waals surface area contributed by atoms with Gasteiger partial charge < -0.3 is 17.2 Å². The lowest BCUT2D eigenvalue weighted by atomic mass is 10.00. The van der Waals surface area contributed by atoms with Crippen LogP contribution in [0.5, 0.6) is 0 Å². The van der Waals surface area contributed by atoms with Crippen molar-refractivity contribution in [3.63, 3.8) is 0 Å². The minimum Gasteiger partial charge on any atom is -0.399 e. The Labute approximate surface area is 123 Å². The summed E-state index contributed by atoms with van der Waals surface area (Å²) < 4.78 is 0. The fraction of sp³-hybridized carbons (Fsp3) is 0.118. The molecule has 0 aliphatic carbocycles. The molecule has 1 aromatic heterocycles. The van der Waals surface area contributed by atoms with Gasteiger partial charge in [0.15, 0.2) is 0 Å². The monoisotopic (exact) mass is 278 g/mol. The van der Waals surface area contributed by atoms with E-state index in [0.717, 1.165) is 34.1 Å². The van der Waals surface area contributed by atoms with Gasteiger partial charge in [-0.15, -0.1) is 0 Å². The molecule has 6 N–H and O–H groups in total. The van der Waals surface area contributed by atoms with Gasteiger partial charge >= 0.3 is 0 Å². The molecule has 3 aromatic rings. The molecule has 21 heavy (non-hydrogen) atoms. The minimum atomic E-state index is 0.566. The summed E-state index contributed by atoms with van der Waals surface area (Å²) in [6, 6.07) is 11.7. The number of nitrogens with two attached hydrogens (primary N) is 3. The lowest BCUT2D eigenvalue weighted by Gasteiger charge is -2.10. The molecule has 0 bridgehead atoms. The van der Waals surface area contributed by atoms with Crippen molar-refractivity contribution in [2.45, 2.75) is 13.3 Å². The van der Waals surface area contributed by atoms with E-state index < -0.39 is 0 Å². The summed E-state index contributed by atoms with van der Waals surface area (Å²) in [7, 11) is 0. The first kappa shape index (κ1) is 13.2. The zero-order chi connectivity index (χ0) is 15.0. The van der Waals surface area contributed by atoms with E-state index in [4.69, 9.17) is 17.2 Å². The van der Waals surface area contributed by atoms with Gasteiger partial charge in [0, 0.05) is 22.8 Å². The second kappa shape index (κ2) is 4.98. The molecule has 106 valence electrons. The fourth-order valence-corrected chi connectivity index (χ4v) is 2.54. The second-order valence-electron chi connectivity index (χ2n) is 5.18. The lowest BCUT2D eigenvalue weighted by molar-refractivity contribution is 1.14. The van der Waals surface area contributed by atoms with Gasteiger partial charge in [-0.1, -0.05) is 6.92 Å². The number of aryl methyl sites for hydroxylation is 1.